The van der Waals surface area contributed by atoms with Gasteiger partial charge in [0.25, 0.3) is 0 Å². The molecule has 4 nitrogen and oxygen atoms in total. The zero-order valence-electron chi connectivity index (χ0n) is 9.84. The van der Waals surface area contributed by atoms with Crippen LogP contribution in [0.4, 0.5) is 0 Å². The van der Waals surface area contributed by atoms with Crippen molar-refractivity contribution >= 4 is 11.6 Å². The van der Waals surface area contributed by atoms with Crippen molar-refractivity contribution < 1.29 is 4.52 Å². The van der Waals surface area contributed by atoms with Crippen LogP contribution in [0.5, 0.6) is 0 Å². The summed E-state index contributed by atoms with van der Waals surface area (Å²) in [7, 11) is 0. The maximum atomic E-state index is 5.93. The van der Waals surface area contributed by atoms with Crippen LogP contribution in [0.15, 0.2) is 28.8 Å². The number of hydrogen-bond acceptors (Lipinski definition) is 4. The highest BCUT2D eigenvalue weighted by Gasteiger charge is 2.33. The maximum Gasteiger partial charge on any atom is 0.226 e. The van der Waals surface area contributed by atoms with Crippen molar-refractivity contribution in [3.05, 3.63) is 35.2 Å². The predicted molar refractivity (Wildman–Crippen MR) is 69.1 cm³/mol. The zero-order chi connectivity index (χ0) is 12.5. The molecule has 0 saturated heterocycles. The van der Waals surface area contributed by atoms with E-state index in [2.05, 4.69) is 10.1 Å². The zero-order valence-corrected chi connectivity index (χ0v) is 10.6. The number of aromatic nitrogens is 2. The van der Waals surface area contributed by atoms with Gasteiger partial charge in [-0.3, -0.25) is 0 Å². The second-order valence-corrected chi connectivity index (χ2v) is 5.16. The molecule has 94 valence electrons. The van der Waals surface area contributed by atoms with Gasteiger partial charge >= 0.3 is 0 Å². The molecule has 1 aromatic heterocycles. The first kappa shape index (κ1) is 11.7. The highest BCUT2D eigenvalue weighted by Crippen LogP contribution is 2.32. The molecule has 1 aliphatic carbocycles. The van der Waals surface area contributed by atoms with Crippen LogP contribution in [0.3, 0.4) is 0 Å². The lowest BCUT2D eigenvalue weighted by Crippen LogP contribution is -2.02. The highest BCUT2D eigenvalue weighted by atomic mass is 35.5. The van der Waals surface area contributed by atoms with E-state index in [9.17, 15) is 0 Å². The Hall–Kier alpha value is -1.39. The van der Waals surface area contributed by atoms with Crippen LogP contribution < -0.4 is 5.73 Å². The van der Waals surface area contributed by atoms with E-state index in [0.29, 0.717) is 28.7 Å². The molecular weight excluding hydrogens is 250 g/mol. The van der Waals surface area contributed by atoms with Crippen molar-refractivity contribution in [2.24, 2.45) is 11.7 Å². The first-order valence-corrected chi connectivity index (χ1v) is 6.44. The van der Waals surface area contributed by atoms with Crippen LogP contribution in [0.25, 0.3) is 11.4 Å². The molecule has 2 N–H and O–H groups in total. The van der Waals surface area contributed by atoms with Gasteiger partial charge in [0.1, 0.15) is 0 Å². The van der Waals surface area contributed by atoms with E-state index in [1.54, 1.807) is 0 Å². The Bertz CT molecular complexity index is 555. The molecule has 0 radical (unpaired) electrons. The fraction of sp³-hybridized carbons (Fsp3) is 0.385. The SMILES string of the molecule is NC1CC1CCc1nc(-c2cccc(Cl)c2)no1. The first-order valence-electron chi connectivity index (χ1n) is 6.06. The minimum atomic E-state index is 0.375. The van der Waals surface area contributed by atoms with E-state index in [-0.39, 0.29) is 0 Å². The normalized spacial score (nSPS) is 22.1. The van der Waals surface area contributed by atoms with Crippen LogP contribution >= 0.6 is 11.6 Å². The number of nitrogens with zero attached hydrogens (tertiary/aromatic N) is 2. The third kappa shape index (κ3) is 2.54. The minimum Gasteiger partial charge on any atom is -0.339 e. The Morgan fingerprint density at radius 3 is 3.00 bits per heavy atom. The minimum absolute atomic E-state index is 0.375. The summed E-state index contributed by atoms with van der Waals surface area (Å²) in [5.74, 6) is 1.89. The van der Waals surface area contributed by atoms with E-state index in [4.69, 9.17) is 21.9 Å². The molecule has 0 aliphatic heterocycles. The fourth-order valence-electron chi connectivity index (χ4n) is 2.01. The van der Waals surface area contributed by atoms with Gasteiger partial charge in [-0.1, -0.05) is 28.9 Å². The molecule has 2 aromatic rings. The fourth-order valence-corrected chi connectivity index (χ4v) is 2.20. The standard InChI is InChI=1S/C13H14ClN3O/c14-10-3-1-2-9(6-10)13-16-12(18-17-13)5-4-8-7-11(8)15/h1-3,6,8,11H,4-5,7,15H2. The summed E-state index contributed by atoms with van der Waals surface area (Å²) < 4.78 is 5.23. The molecule has 1 saturated carbocycles. The number of halogens is 1. The van der Waals surface area contributed by atoms with Gasteiger partial charge in [0, 0.05) is 23.0 Å². The van der Waals surface area contributed by atoms with Crippen LogP contribution in [-0.4, -0.2) is 16.2 Å². The molecule has 0 spiro atoms. The number of aryl methyl sites for hydroxylation is 1. The monoisotopic (exact) mass is 263 g/mol. The lowest BCUT2D eigenvalue weighted by atomic mass is 10.2. The number of rotatable bonds is 4. The van der Waals surface area contributed by atoms with Gasteiger partial charge in [0.05, 0.1) is 0 Å². The van der Waals surface area contributed by atoms with Gasteiger partial charge in [-0.2, -0.15) is 4.98 Å². The summed E-state index contributed by atoms with van der Waals surface area (Å²) in [6.45, 7) is 0. The van der Waals surface area contributed by atoms with Crippen molar-refractivity contribution in [1.29, 1.82) is 0 Å². The third-order valence-corrected chi connectivity index (χ3v) is 3.49. The largest absolute Gasteiger partial charge is 0.339 e. The van der Waals surface area contributed by atoms with Gasteiger partial charge in [-0.05, 0) is 30.9 Å². The lowest BCUT2D eigenvalue weighted by molar-refractivity contribution is 0.373. The Kier molecular flexibility index (Phi) is 3.06. The molecule has 2 unspecified atom stereocenters. The molecule has 1 fully saturated rings. The number of hydrogen-bond donors (Lipinski definition) is 1. The molecule has 5 heteroatoms. The smallest absolute Gasteiger partial charge is 0.226 e. The Morgan fingerprint density at radius 2 is 2.28 bits per heavy atom. The molecule has 0 amide bonds. The second-order valence-electron chi connectivity index (χ2n) is 4.72. The predicted octanol–water partition coefficient (Wildman–Crippen LogP) is 2.67. The van der Waals surface area contributed by atoms with E-state index in [1.807, 2.05) is 24.3 Å². The molecule has 1 aromatic carbocycles. The highest BCUT2D eigenvalue weighted by molar-refractivity contribution is 6.30. The lowest BCUT2D eigenvalue weighted by Gasteiger charge is -1.94. The van der Waals surface area contributed by atoms with Gasteiger partial charge < -0.3 is 10.3 Å². The van der Waals surface area contributed by atoms with Crippen molar-refractivity contribution in [2.75, 3.05) is 0 Å². The van der Waals surface area contributed by atoms with Gasteiger partial charge in [-0.15, -0.1) is 0 Å². The van der Waals surface area contributed by atoms with E-state index in [0.717, 1.165) is 24.8 Å². The topological polar surface area (TPSA) is 64.9 Å². The third-order valence-electron chi connectivity index (χ3n) is 3.26. The van der Waals surface area contributed by atoms with E-state index in [1.165, 1.54) is 0 Å². The summed E-state index contributed by atoms with van der Waals surface area (Å²) in [4.78, 5) is 4.37. The first-order chi connectivity index (χ1) is 8.72. The molecule has 1 heterocycles. The Balaban J connectivity index is 1.69. The van der Waals surface area contributed by atoms with Crippen LogP contribution in [-0.2, 0) is 6.42 Å². The number of benzene rings is 1. The quantitative estimate of drug-likeness (QED) is 0.921. The van der Waals surface area contributed by atoms with Crippen molar-refractivity contribution in [1.82, 2.24) is 10.1 Å². The van der Waals surface area contributed by atoms with Crippen LogP contribution in [0, 0.1) is 5.92 Å². The molecule has 0 bridgehead atoms. The van der Waals surface area contributed by atoms with E-state index < -0.39 is 0 Å². The van der Waals surface area contributed by atoms with Crippen LogP contribution in [0.1, 0.15) is 18.7 Å². The molecule has 18 heavy (non-hydrogen) atoms. The van der Waals surface area contributed by atoms with Crippen molar-refractivity contribution in [3.63, 3.8) is 0 Å². The molecule has 2 atom stereocenters. The summed E-state index contributed by atoms with van der Waals surface area (Å²) in [6, 6.07) is 7.81. The van der Waals surface area contributed by atoms with Crippen LogP contribution in [0.2, 0.25) is 5.02 Å². The van der Waals surface area contributed by atoms with Crippen molar-refractivity contribution in [2.45, 2.75) is 25.3 Å². The molecular formula is C13H14ClN3O. The summed E-state index contributed by atoms with van der Waals surface area (Å²) in [5.41, 5.74) is 6.64. The summed E-state index contributed by atoms with van der Waals surface area (Å²) in [5, 5.41) is 4.64. The maximum absolute atomic E-state index is 5.93. The summed E-state index contributed by atoms with van der Waals surface area (Å²) >= 11 is 5.93. The average molecular weight is 264 g/mol. The molecule has 1 aliphatic rings. The van der Waals surface area contributed by atoms with Crippen molar-refractivity contribution in [3.8, 4) is 11.4 Å². The van der Waals surface area contributed by atoms with Gasteiger partial charge in [0.15, 0.2) is 0 Å². The summed E-state index contributed by atoms with van der Waals surface area (Å²) in [6.07, 6.45) is 2.94. The van der Waals surface area contributed by atoms with E-state index >= 15 is 0 Å². The number of nitrogens with two attached hydrogens (primary N) is 1. The van der Waals surface area contributed by atoms with Gasteiger partial charge in [-0.25, -0.2) is 0 Å². The molecule has 3 rings (SSSR count). The second kappa shape index (κ2) is 4.71. The Morgan fingerprint density at radius 1 is 1.44 bits per heavy atom. The average Bonchev–Trinajstić information content (AvgIpc) is 2.89. The Labute approximate surface area is 110 Å². The van der Waals surface area contributed by atoms with Gasteiger partial charge in [0.2, 0.25) is 11.7 Å².